The second-order valence-corrected chi connectivity index (χ2v) is 5.96. The predicted molar refractivity (Wildman–Crippen MR) is 93.1 cm³/mol. The molecule has 0 bridgehead atoms. The van der Waals surface area contributed by atoms with Gasteiger partial charge in [-0.3, -0.25) is 9.89 Å². The van der Waals surface area contributed by atoms with Gasteiger partial charge in [0.05, 0.1) is 6.04 Å². The van der Waals surface area contributed by atoms with Crippen molar-refractivity contribution in [1.29, 1.82) is 0 Å². The summed E-state index contributed by atoms with van der Waals surface area (Å²) in [7, 11) is 0. The molecule has 3 aromatic heterocycles. The molecule has 0 aliphatic heterocycles. The van der Waals surface area contributed by atoms with Gasteiger partial charge < -0.3 is 14.2 Å². The Kier molecular flexibility index (Phi) is 3.65. The number of furan rings is 2. The lowest BCUT2D eigenvalue weighted by Gasteiger charge is -2.09. The van der Waals surface area contributed by atoms with Crippen LogP contribution in [0.15, 0.2) is 57.4 Å². The molecule has 25 heavy (non-hydrogen) atoms. The first kappa shape index (κ1) is 15.3. The van der Waals surface area contributed by atoms with Gasteiger partial charge in [-0.05, 0) is 38.1 Å². The number of nitrogens with one attached hydrogen (secondary N) is 2. The largest absolute Gasteiger partial charge is 0.460 e. The second kappa shape index (κ2) is 5.98. The van der Waals surface area contributed by atoms with Crippen LogP contribution in [0.5, 0.6) is 0 Å². The van der Waals surface area contributed by atoms with E-state index >= 15 is 0 Å². The molecule has 1 atom stereocenters. The number of H-pyrrole nitrogens is 1. The maximum Gasteiger partial charge on any atom is 0.272 e. The molecule has 0 fully saturated rings. The molecule has 1 amide bonds. The van der Waals surface area contributed by atoms with E-state index in [2.05, 4.69) is 15.5 Å². The normalized spacial score (nSPS) is 12.4. The highest BCUT2D eigenvalue weighted by atomic mass is 16.3. The van der Waals surface area contributed by atoms with Crippen LogP contribution in [-0.2, 0) is 0 Å². The van der Waals surface area contributed by atoms with Gasteiger partial charge in [-0.15, -0.1) is 0 Å². The number of aryl methyl sites for hydroxylation is 1. The lowest BCUT2D eigenvalue weighted by Crippen LogP contribution is -2.26. The van der Waals surface area contributed by atoms with E-state index in [0.29, 0.717) is 22.9 Å². The molecule has 1 aromatic carbocycles. The SMILES string of the molecule is Cc1ccc(-c2cc(C(=O)NC(C)c3cc4ccccc4o3)n[nH]2)o1. The zero-order valence-electron chi connectivity index (χ0n) is 13.9. The highest BCUT2D eigenvalue weighted by Crippen LogP contribution is 2.24. The Morgan fingerprint density at radius 1 is 1.16 bits per heavy atom. The Labute approximate surface area is 143 Å². The lowest BCUT2D eigenvalue weighted by atomic mass is 10.2. The summed E-state index contributed by atoms with van der Waals surface area (Å²) < 4.78 is 11.3. The molecule has 2 N–H and O–H groups in total. The highest BCUT2D eigenvalue weighted by molar-refractivity contribution is 5.93. The molecular formula is C19H17N3O3. The van der Waals surface area contributed by atoms with Crippen molar-refractivity contribution in [3.63, 3.8) is 0 Å². The number of nitrogens with zero attached hydrogens (tertiary/aromatic N) is 1. The summed E-state index contributed by atoms with van der Waals surface area (Å²) >= 11 is 0. The van der Waals surface area contributed by atoms with Crippen LogP contribution in [0.3, 0.4) is 0 Å². The average Bonchev–Trinajstić information content (AvgIpc) is 3.33. The maximum atomic E-state index is 12.4. The third-order valence-corrected chi connectivity index (χ3v) is 4.04. The van der Waals surface area contributed by atoms with Gasteiger partial charge in [0.25, 0.3) is 5.91 Å². The molecule has 0 radical (unpaired) electrons. The van der Waals surface area contributed by atoms with E-state index in [4.69, 9.17) is 8.83 Å². The van der Waals surface area contributed by atoms with Gasteiger partial charge >= 0.3 is 0 Å². The molecule has 6 nitrogen and oxygen atoms in total. The lowest BCUT2D eigenvalue weighted by molar-refractivity contribution is 0.0930. The van der Waals surface area contributed by atoms with E-state index in [0.717, 1.165) is 16.7 Å². The summed E-state index contributed by atoms with van der Waals surface area (Å²) in [5.41, 5.74) is 1.76. The Morgan fingerprint density at radius 2 is 2.00 bits per heavy atom. The molecule has 6 heteroatoms. The molecule has 0 aliphatic rings. The number of fused-ring (bicyclic) bond motifs is 1. The third-order valence-electron chi connectivity index (χ3n) is 4.04. The van der Waals surface area contributed by atoms with E-state index in [-0.39, 0.29) is 11.9 Å². The van der Waals surface area contributed by atoms with E-state index < -0.39 is 0 Å². The summed E-state index contributed by atoms with van der Waals surface area (Å²) in [6.45, 7) is 3.74. The number of aromatic amines is 1. The number of carbonyl (C=O) groups is 1. The number of para-hydroxylation sites is 1. The molecule has 4 rings (SSSR count). The summed E-state index contributed by atoms with van der Waals surface area (Å²) in [5, 5.41) is 10.8. The van der Waals surface area contributed by atoms with E-state index in [9.17, 15) is 4.79 Å². The van der Waals surface area contributed by atoms with Gasteiger partial charge in [-0.1, -0.05) is 18.2 Å². The first-order valence-electron chi connectivity index (χ1n) is 8.02. The number of carbonyl (C=O) groups excluding carboxylic acids is 1. The van der Waals surface area contributed by atoms with Crippen LogP contribution in [0.4, 0.5) is 0 Å². The zero-order chi connectivity index (χ0) is 17.4. The summed E-state index contributed by atoms with van der Waals surface area (Å²) in [5.74, 6) is 1.87. The number of aromatic nitrogens is 2. The van der Waals surface area contributed by atoms with Gasteiger partial charge in [-0.2, -0.15) is 5.10 Å². The van der Waals surface area contributed by atoms with Crippen LogP contribution in [-0.4, -0.2) is 16.1 Å². The van der Waals surface area contributed by atoms with Gasteiger partial charge in [0.2, 0.25) is 0 Å². The quantitative estimate of drug-likeness (QED) is 0.585. The standard InChI is InChI=1S/C19H17N3O3/c1-11-7-8-17(24-11)14-10-15(22-21-14)19(23)20-12(2)18-9-13-5-3-4-6-16(13)25-18/h3-10,12H,1-2H3,(H,20,23)(H,21,22). The van der Waals surface area contributed by atoms with Gasteiger partial charge in [-0.25, -0.2) is 0 Å². The van der Waals surface area contributed by atoms with Crippen LogP contribution in [0.2, 0.25) is 0 Å². The molecule has 4 aromatic rings. The molecule has 1 unspecified atom stereocenters. The second-order valence-electron chi connectivity index (χ2n) is 5.96. The molecule has 0 saturated heterocycles. The minimum Gasteiger partial charge on any atom is -0.460 e. The fourth-order valence-corrected chi connectivity index (χ4v) is 2.70. The number of hydrogen-bond acceptors (Lipinski definition) is 4. The average molecular weight is 335 g/mol. The van der Waals surface area contributed by atoms with Crippen molar-refractivity contribution in [2.24, 2.45) is 0 Å². The molecule has 0 aliphatic carbocycles. The van der Waals surface area contributed by atoms with Gasteiger partial charge in [0, 0.05) is 11.5 Å². The van der Waals surface area contributed by atoms with Gasteiger partial charge in [0.15, 0.2) is 11.5 Å². The number of rotatable bonds is 4. The van der Waals surface area contributed by atoms with Crippen LogP contribution < -0.4 is 5.32 Å². The van der Waals surface area contributed by atoms with E-state index in [1.165, 1.54) is 0 Å². The van der Waals surface area contributed by atoms with Crippen LogP contribution in [0.25, 0.3) is 22.4 Å². The Hall–Kier alpha value is -3.28. The first-order valence-corrected chi connectivity index (χ1v) is 8.02. The fraction of sp³-hybridized carbons (Fsp3) is 0.158. The monoisotopic (exact) mass is 335 g/mol. The minimum atomic E-state index is -0.279. The molecule has 3 heterocycles. The van der Waals surface area contributed by atoms with Gasteiger partial charge in [0.1, 0.15) is 22.8 Å². The smallest absolute Gasteiger partial charge is 0.272 e. The number of benzene rings is 1. The fourth-order valence-electron chi connectivity index (χ4n) is 2.70. The van der Waals surface area contributed by atoms with Crippen LogP contribution >= 0.6 is 0 Å². The van der Waals surface area contributed by atoms with Crippen molar-refractivity contribution in [1.82, 2.24) is 15.5 Å². The number of hydrogen-bond donors (Lipinski definition) is 2. The topological polar surface area (TPSA) is 84.1 Å². The molecular weight excluding hydrogens is 318 g/mol. The minimum absolute atomic E-state index is 0.272. The van der Waals surface area contributed by atoms with Crippen molar-refractivity contribution in [2.75, 3.05) is 0 Å². The van der Waals surface area contributed by atoms with Crippen molar-refractivity contribution in [2.45, 2.75) is 19.9 Å². The van der Waals surface area contributed by atoms with Crippen LogP contribution in [0, 0.1) is 6.92 Å². The first-order chi connectivity index (χ1) is 12.1. The van der Waals surface area contributed by atoms with Crippen molar-refractivity contribution < 1.29 is 13.6 Å². The van der Waals surface area contributed by atoms with Crippen molar-refractivity contribution >= 4 is 16.9 Å². The van der Waals surface area contributed by atoms with Crippen molar-refractivity contribution in [3.05, 3.63) is 65.7 Å². The summed E-state index contributed by atoms with van der Waals surface area (Å²) in [6, 6.07) is 14.8. The van der Waals surface area contributed by atoms with E-state index in [1.54, 1.807) is 6.07 Å². The third kappa shape index (κ3) is 2.94. The Bertz CT molecular complexity index is 1010. The molecule has 126 valence electrons. The Morgan fingerprint density at radius 3 is 2.76 bits per heavy atom. The maximum absolute atomic E-state index is 12.4. The summed E-state index contributed by atoms with van der Waals surface area (Å²) in [6.07, 6.45) is 0. The van der Waals surface area contributed by atoms with Crippen molar-refractivity contribution in [3.8, 4) is 11.5 Å². The van der Waals surface area contributed by atoms with Crippen LogP contribution in [0.1, 0.15) is 35.0 Å². The number of amides is 1. The van der Waals surface area contributed by atoms with E-state index in [1.807, 2.05) is 56.3 Å². The Balaban J connectivity index is 1.50. The highest BCUT2D eigenvalue weighted by Gasteiger charge is 2.18. The molecule has 0 saturated carbocycles. The zero-order valence-corrected chi connectivity index (χ0v) is 13.9. The summed E-state index contributed by atoms with van der Waals surface area (Å²) in [4.78, 5) is 12.4. The predicted octanol–water partition coefficient (Wildman–Crippen LogP) is 4.22. The molecule has 0 spiro atoms.